The van der Waals surface area contributed by atoms with Gasteiger partial charge in [0.25, 0.3) is 0 Å². The van der Waals surface area contributed by atoms with Gasteiger partial charge in [0, 0.05) is 19.2 Å². The zero-order chi connectivity index (χ0) is 13.1. The average molecular weight is 269 g/mol. The predicted molar refractivity (Wildman–Crippen MR) is 73.6 cm³/mol. The minimum atomic E-state index is -0.213. The number of hydrogen-bond donors (Lipinski definition) is 3. The van der Waals surface area contributed by atoms with Crippen molar-refractivity contribution in [2.75, 3.05) is 29.7 Å². The maximum Gasteiger partial charge on any atom is 0.191 e. The minimum absolute atomic E-state index is 0.213. The molecule has 7 heteroatoms. The van der Waals surface area contributed by atoms with Gasteiger partial charge < -0.3 is 15.4 Å². The number of hydrogen-bond acceptors (Lipinski definition) is 7. The Hall–Kier alpha value is -1.05. The Labute approximate surface area is 111 Å². The van der Waals surface area contributed by atoms with Crippen LogP contribution in [0, 0.1) is 5.92 Å². The van der Waals surface area contributed by atoms with E-state index < -0.39 is 0 Å². The van der Waals surface area contributed by atoms with Gasteiger partial charge in [-0.25, -0.2) is 15.8 Å². The molecule has 0 radical (unpaired) electrons. The zero-order valence-electron chi connectivity index (χ0n) is 10.6. The minimum Gasteiger partial charge on any atom is -0.393 e. The van der Waals surface area contributed by atoms with E-state index >= 15 is 0 Å². The van der Waals surface area contributed by atoms with Gasteiger partial charge in [-0.1, -0.05) is 18.7 Å². The van der Waals surface area contributed by atoms with Crippen molar-refractivity contribution >= 4 is 23.4 Å². The number of nitrogen functional groups attached to an aromatic ring is 1. The van der Waals surface area contributed by atoms with Gasteiger partial charge in [-0.2, -0.15) is 0 Å². The smallest absolute Gasteiger partial charge is 0.191 e. The number of aliphatic hydroxyl groups is 1. The normalized spacial score (nSPS) is 24.1. The van der Waals surface area contributed by atoms with Crippen LogP contribution in [-0.4, -0.2) is 40.5 Å². The molecule has 1 aliphatic heterocycles. The highest BCUT2D eigenvalue weighted by Gasteiger charge is 2.25. The Morgan fingerprint density at radius 3 is 2.94 bits per heavy atom. The number of aromatic nitrogens is 2. The van der Waals surface area contributed by atoms with Crippen LogP contribution in [0.5, 0.6) is 0 Å². The monoisotopic (exact) mass is 269 g/mol. The van der Waals surface area contributed by atoms with E-state index in [2.05, 4.69) is 27.2 Å². The number of aliphatic hydroxyl groups excluding tert-OH is 1. The molecule has 1 aromatic heterocycles. The molecule has 2 unspecified atom stereocenters. The van der Waals surface area contributed by atoms with Crippen molar-refractivity contribution in [1.29, 1.82) is 0 Å². The van der Waals surface area contributed by atoms with Crippen molar-refractivity contribution in [2.24, 2.45) is 11.8 Å². The fraction of sp³-hybridized carbons (Fsp3) is 0.636. The Kier molecular flexibility index (Phi) is 4.26. The van der Waals surface area contributed by atoms with Crippen molar-refractivity contribution in [3.63, 3.8) is 0 Å². The molecule has 0 bridgehead atoms. The topological polar surface area (TPSA) is 87.3 Å². The molecule has 0 aliphatic carbocycles. The lowest BCUT2D eigenvalue weighted by Gasteiger charge is -2.35. The Morgan fingerprint density at radius 1 is 1.56 bits per heavy atom. The first kappa shape index (κ1) is 13.4. The molecule has 0 aromatic carbocycles. The summed E-state index contributed by atoms with van der Waals surface area (Å²) in [6.07, 6.45) is 2.49. The van der Waals surface area contributed by atoms with Crippen LogP contribution in [0.3, 0.4) is 0 Å². The van der Waals surface area contributed by atoms with E-state index in [0.717, 1.165) is 25.3 Å². The van der Waals surface area contributed by atoms with Crippen LogP contribution in [0.4, 0.5) is 11.6 Å². The van der Waals surface area contributed by atoms with Crippen molar-refractivity contribution in [1.82, 2.24) is 9.97 Å². The second-order valence-electron chi connectivity index (χ2n) is 4.52. The molecule has 1 fully saturated rings. The number of nitrogens with one attached hydrogen (secondary N) is 1. The van der Waals surface area contributed by atoms with Gasteiger partial charge in [-0.3, -0.25) is 0 Å². The molecule has 100 valence electrons. The van der Waals surface area contributed by atoms with Gasteiger partial charge in [0.2, 0.25) is 0 Å². The average Bonchev–Trinajstić information content (AvgIpc) is 2.41. The van der Waals surface area contributed by atoms with Gasteiger partial charge in [0.05, 0.1) is 6.10 Å². The summed E-state index contributed by atoms with van der Waals surface area (Å²) in [5.41, 5.74) is 2.56. The zero-order valence-corrected chi connectivity index (χ0v) is 11.4. The standard InChI is InChI=1S/C11H19N5OS/c1-7-6-16(4-3-8(7)17)10-5-9(15-12)13-11(14-10)18-2/h5,7-8,17H,3-4,6,12H2,1-2H3,(H,13,14,15). The number of thioether (sulfide) groups is 1. The quantitative estimate of drug-likeness (QED) is 0.322. The summed E-state index contributed by atoms with van der Waals surface area (Å²) >= 11 is 1.48. The molecule has 1 aromatic rings. The van der Waals surface area contributed by atoms with Crippen LogP contribution in [-0.2, 0) is 0 Å². The lowest BCUT2D eigenvalue weighted by Crippen LogP contribution is -2.42. The Bertz CT molecular complexity index is 394. The lowest BCUT2D eigenvalue weighted by atomic mass is 9.97. The third-order valence-electron chi connectivity index (χ3n) is 3.21. The number of nitrogens with two attached hydrogens (primary N) is 1. The third kappa shape index (κ3) is 2.85. The van der Waals surface area contributed by atoms with Crippen LogP contribution in [0.25, 0.3) is 0 Å². The predicted octanol–water partition coefficient (Wildman–Crippen LogP) is 0.691. The van der Waals surface area contributed by atoms with E-state index in [1.165, 1.54) is 11.8 Å². The van der Waals surface area contributed by atoms with E-state index in [-0.39, 0.29) is 12.0 Å². The van der Waals surface area contributed by atoms with Gasteiger partial charge in [0.1, 0.15) is 11.6 Å². The highest BCUT2D eigenvalue weighted by molar-refractivity contribution is 7.98. The number of anilines is 2. The molecular formula is C11H19N5OS. The second-order valence-corrected chi connectivity index (χ2v) is 5.30. The number of nitrogens with zero attached hydrogens (tertiary/aromatic N) is 3. The Morgan fingerprint density at radius 2 is 2.33 bits per heavy atom. The molecule has 2 atom stereocenters. The summed E-state index contributed by atoms with van der Waals surface area (Å²) in [4.78, 5) is 10.9. The van der Waals surface area contributed by atoms with Crippen LogP contribution >= 0.6 is 11.8 Å². The summed E-state index contributed by atoms with van der Waals surface area (Å²) in [7, 11) is 0. The second kappa shape index (κ2) is 5.73. The molecule has 0 saturated carbocycles. The molecule has 0 spiro atoms. The molecule has 2 rings (SSSR count). The van der Waals surface area contributed by atoms with Gasteiger partial charge in [-0.15, -0.1) is 0 Å². The van der Waals surface area contributed by atoms with Crippen molar-refractivity contribution in [3.05, 3.63) is 6.07 Å². The van der Waals surface area contributed by atoms with Crippen LogP contribution in [0.2, 0.25) is 0 Å². The number of rotatable bonds is 3. The highest BCUT2D eigenvalue weighted by atomic mass is 32.2. The molecular weight excluding hydrogens is 250 g/mol. The van der Waals surface area contributed by atoms with E-state index in [1.54, 1.807) is 0 Å². The first-order chi connectivity index (χ1) is 8.63. The maximum atomic E-state index is 9.75. The van der Waals surface area contributed by atoms with Crippen molar-refractivity contribution in [3.8, 4) is 0 Å². The van der Waals surface area contributed by atoms with Crippen molar-refractivity contribution in [2.45, 2.75) is 24.6 Å². The molecule has 18 heavy (non-hydrogen) atoms. The maximum absolute atomic E-state index is 9.75. The molecule has 4 N–H and O–H groups in total. The van der Waals surface area contributed by atoms with Crippen LogP contribution < -0.4 is 16.2 Å². The SMILES string of the molecule is CSc1nc(NN)cc(N2CCC(O)C(C)C2)n1. The van der Waals surface area contributed by atoms with E-state index in [9.17, 15) is 5.11 Å². The van der Waals surface area contributed by atoms with Gasteiger partial charge >= 0.3 is 0 Å². The molecule has 1 aliphatic rings. The van der Waals surface area contributed by atoms with Gasteiger partial charge in [-0.05, 0) is 18.6 Å². The van der Waals surface area contributed by atoms with Crippen LogP contribution in [0.15, 0.2) is 11.2 Å². The molecule has 1 saturated heterocycles. The van der Waals surface area contributed by atoms with Crippen molar-refractivity contribution < 1.29 is 5.11 Å². The highest BCUT2D eigenvalue weighted by Crippen LogP contribution is 2.25. The first-order valence-electron chi connectivity index (χ1n) is 5.96. The summed E-state index contributed by atoms with van der Waals surface area (Å²) in [5.74, 6) is 7.14. The van der Waals surface area contributed by atoms with E-state index in [1.807, 2.05) is 12.3 Å². The molecule has 2 heterocycles. The third-order valence-corrected chi connectivity index (χ3v) is 3.75. The summed E-state index contributed by atoms with van der Waals surface area (Å²) < 4.78 is 0. The van der Waals surface area contributed by atoms with E-state index in [0.29, 0.717) is 11.0 Å². The summed E-state index contributed by atoms with van der Waals surface area (Å²) in [6.45, 7) is 3.66. The van der Waals surface area contributed by atoms with Gasteiger partial charge in [0.15, 0.2) is 5.16 Å². The van der Waals surface area contributed by atoms with E-state index in [4.69, 9.17) is 5.84 Å². The fourth-order valence-electron chi connectivity index (χ4n) is 2.08. The first-order valence-corrected chi connectivity index (χ1v) is 7.19. The number of piperidine rings is 1. The summed E-state index contributed by atoms with van der Waals surface area (Å²) in [6, 6.07) is 1.84. The lowest BCUT2D eigenvalue weighted by molar-refractivity contribution is 0.0968. The number of hydrazine groups is 1. The molecule has 0 amide bonds. The van der Waals surface area contributed by atoms with Crippen LogP contribution in [0.1, 0.15) is 13.3 Å². The Balaban J connectivity index is 2.22. The summed E-state index contributed by atoms with van der Waals surface area (Å²) in [5, 5.41) is 10.4. The molecule has 6 nitrogen and oxygen atoms in total. The fourth-order valence-corrected chi connectivity index (χ4v) is 2.46. The largest absolute Gasteiger partial charge is 0.393 e.